The number of hydrogen-bond acceptors (Lipinski definition) is 6. The number of H-pyrrole nitrogens is 1. The average molecular weight is 498 g/mol. The van der Waals surface area contributed by atoms with E-state index in [0.717, 1.165) is 29.4 Å². The van der Waals surface area contributed by atoms with Crippen LogP contribution in [0.2, 0.25) is 0 Å². The van der Waals surface area contributed by atoms with Gasteiger partial charge in [0.05, 0.1) is 11.5 Å². The largest absolute Gasteiger partial charge is 0.454 e. The molecule has 0 bridgehead atoms. The summed E-state index contributed by atoms with van der Waals surface area (Å²) in [6.45, 7) is 0.471. The highest BCUT2D eigenvalue weighted by molar-refractivity contribution is 9.10. The molecule has 8 heteroatoms. The van der Waals surface area contributed by atoms with Gasteiger partial charge in [-0.3, -0.25) is 14.7 Å². The maximum absolute atomic E-state index is 13.5. The van der Waals surface area contributed by atoms with Gasteiger partial charge in [0.2, 0.25) is 0 Å². The molecule has 0 radical (unpaired) electrons. The Balaban J connectivity index is 1.47. The normalized spacial score (nSPS) is 24.8. The van der Waals surface area contributed by atoms with E-state index in [0.29, 0.717) is 16.5 Å². The van der Waals surface area contributed by atoms with E-state index in [1.807, 2.05) is 12.1 Å². The van der Waals surface area contributed by atoms with Crippen LogP contribution in [-0.2, 0) is 26.3 Å². The Morgan fingerprint density at radius 1 is 1.34 bits per heavy atom. The van der Waals surface area contributed by atoms with Crippen molar-refractivity contribution in [1.29, 1.82) is 0 Å². The van der Waals surface area contributed by atoms with Crippen LogP contribution in [0.4, 0.5) is 0 Å². The maximum Gasteiger partial charge on any atom is 0.340 e. The van der Waals surface area contributed by atoms with Gasteiger partial charge in [0.15, 0.2) is 12.4 Å². The first-order chi connectivity index (χ1) is 15.5. The fourth-order valence-corrected chi connectivity index (χ4v) is 5.89. The number of nitrogens with zero attached hydrogens (tertiary/aromatic N) is 2. The van der Waals surface area contributed by atoms with Crippen molar-refractivity contribution in [2.45, 2.75) is 24.5 Å². The van der Waals surface area contributed by atoms with E-state index in [1.165, 1.54) is 11.8 Å². The lowest BCUT2D eigenvalue weighted by Crippen LogP contribution is -2.63. The monoisotopic (exact) mass is 497 g/mol. The number of pyridine rings is 1. The summed E-state index contributed by atoms with van der Waals surface area (Å²) in [5.74, 6) is -1.12. The van der Waals surface area contributed by atoms with Gasteiger partial charge in [0.25, 0.3) is 0 Å². The number of piperidine rings is 1. The van der Waals surface area contributed by atoms with Crippen molar-refractivity contribution in [1.82, 2.24) is 14.9 Å². The fraction of sp³-hybridized carbons (Fsp3) is 0.375. The molecular weight excluding hydrogens is 474 g/mol. The van der Waals surface area contributed by atoms with Crippen molar-refractivity contribution < 1.29 is 19.1 Å². The van der Waals surface area contributed by atoms with Crippen LogP contribution in [0.5, 0.6) is 0 Å². The number of methoxy groups -OCH3 is 1. The van der Waals surface area contributed by atoms with Crippen LogP contribution in [0.3, 0.4) is 0 Å². The average Bonchev–Trinajstić information content (AvgIpc) is 3.22. The highest BCUT2D eigenvalue weighted by atomic mass is 79.9. The number of rotatable bonds is 5. The third kappa shape index (κ3) is 3.20. The van der Waals surface area contributed by atoms with Crippen molar-refractivity contribution in [2.24, 2.45) is 5.92 Å². The number of fused-ring (bicyclic) bond motifs is 2. The molecule has 2 aromatic heterocycles. The van der Waals surface area contributed by atoms with Gasteiger partial charge >= 0.3 is 5.97 Å². The number of esters is 1. The number of benzene rings is 1. The van der Waals surface area contributed by atoms with Crippen LogP contribution in [0.15, 0.2) is 47.3 Å². The molecule has 3 atom stereocenters. The molecule has 32 heavy (non-hydrogen) atoms. The summed E-state index contributed by atoms with van der Waals surface area (Å²) in [6, 6.07) is 7.74. The van der Waals surface area contributed by atoms with Crippen molar-refractivity contribution >= 4 is 38.6 Å². The van der Waals surface area contributed by atoms with Crippen LogP contribution < -0.4 is 0 Å². The first-order valence-electron chi connectivity index (χ1n) is 10.6. The van der Waals surface area contributed by atoms with Gasteiger partial charge in [0, 0.05) is 47.1 Å². The van der Waals surface area contributed by atoms with Gasteiger partial charge in [-0.1, -0.05) is 12.1 Å². The van der Waals surface area contributed by atoms with Crippen molar-refractivity contribution in [3.63, 3.8) is 0 Å². The highest BCUT2D eigenvalue weighted by Gasteiger charge is 2.56. The second-order valence-corrected chi connectivity index (χ2v) is 9.43. The standard InChI is InChI=1S/C24H24BrN3O4/c1-28-7-6-17(20(29)13-32-23(30)15-8-16(25)12-26-10-15)24(31-2)18-4-3-5-19-22(18)14(11-27-19)9-21(24)28/h3-5,8,10-12,17,21,27H,6-7,9,13H2,1-2H3/t17?,21-,24+/m1/s1. The minimum atomic E-state index is -0.803. The number of likely N-dealkylation sites (tertiary alicyclic amines) is 1. The minimum absolute atomic E-state index is 0.00841. The minimum Gasteiger partial charge on any atom is -0.454 e. The number of ether oxygens (including phenoxy) is 2. The van der Waals surface area contributed by atoms with Gasteiger partial charge in [-0.15, -0.1) is 0 Å². The molecule has 5 rings (SSSR count). The molecule has 0 saturated carbocycles. The molecule has 3 aromatic rings. The molecule has 0 spiro atoms. The predicted molar refractivity (Wildman–Crippen MR) is 122 cm³/mol. The van der Waals surface area contributed by atoms with E-state index in [2.05, 4.69) is 50.1 Å². The van der Waals surface area contributed by atoms with Crippen LogP contribution in [0, 0.1) is 5.92 Å². The number of aromatic amines is 1. The summed E-state index contributed by atoms with van der Waals surface area (Å²) in [7, 11) is 3.76. The molecule has 1 unspecified atom stereocenters. The van der Waals surface area contributed by atoms with Crippen molar-refractivity contribution in [3.05, 3.63) is 64.0 Å². The summed E-state index contributed by atoms with van der Waals surface area (Å²) in [4.78, 5) is 35.6. The van der Waals surface area contributed by atoms with Gasteiger partial charge in [-0.2, -0.15) is 0 Å². The number of hydrogen-bond donors (Lipinski definition) is 1. The predicted octanol–water partition coefficient (Wildman–Crippen LogP) is 3.47. The maximum atomic E-state index is 13.5. The molecule has 7 nitrogen and oxygen atoms in total. The number of likely N-dealkylation sites (N-methyl/N-ethyl adjacent to an activating group) is 1. The summed E-state index contributed by atoms with van der Waals surface area (Å²) >= 11 is 3.30. The molecule has 1 fully saturated rings. The molecule has 1 aromatic carbocycles. The second-order valence-electron chi connectivity index (χ2n) is 8.52. The summed E-state index contributed by atoms with van der Waals surface area (Å²) in [5, 5.41) is 1.14. The van der Waals surface area contributed by atoms with E-state index in [1.54, 1.807) is 19.4 Å². The molecule has 1 saturated heterocycles. The Kier molecular flexibility index (Phi) is 5.39. The third-order valence-corrected chi connectivity index (χ3v) is 7.38. The molecule has 0 amide bonds. The Morgan fingerprint density at radius 2 is 2.19 bits per heavy atom. The number of ketones is 1. The second kappa shape index (κ2) is 8.10. The summed E-state index contributed by atoms with van der Waals surface area (Å²) < 4.78 is 12.3. The zero-order valence-corrected chi connectivity index (χ0v) is 19.5. The Hall–Kier alpha value is -2.55. The molecule has 1 aliphatic carbocycles. The van der Waals surface area contributed by atoms with E-state index in [-0.39, 0.29) is 18.4 Å². The first kappa shape index (κ1) is 21.3. The lowest BCUT2D eigenvalue weighted by Gasteiger charge is -2.54. The Labute approximate surface area is 194 Å². The van der Waals surface area contributed by atoms with E-state index >= 15 is 0 Å². The van der Waals surface area contributed by atoms with Crippen molar-refractivity contribution in [2.75, 3.05) is 27.3 Å². The summed E-state index contributed by atoms with van der Waals surface area (Å²) in [5.41, 5.74) is 2.80. The van der Waals surface area contributed by atoms with E-state index in [9.17, 15) is 9.59 Å². The highest BCUT2D eigenvalue weighted by Crippen LogP contribution is 2.51. The zero-order chi connectivity index (χ0) is 22.5. The Bertz CT molecular complexity index is 1210. The fourth-order valence-electron chi connectivity index (χ4n) is 5.52. The van der Waals surface area contributed by atoms with Crippen LogP contribution in [0.1, 0.15) is 27.9 Å². The molecule has 2 aliphatic rings. The van der Waals surface area contributed by atoms with E-state index in [4.69, 9.17) is 9.47 Å². The summed E-state index contributed by atoms with van der Waals surface area (Å²) in [6.07, 6.45) is 6.48. The lowest BCUT2D eigenvalue weighted by molar-refractivity contribution is -0.166. The number of Topliss-reactive ketones (excluding diaryl/α,β-unsaturated/α-hetero) is 1. The zero-order valence-electron chi connectivity index (χ0n) is 17.9. The Morgan fingerprint density at radius 3 is 2.97 bits per heavy atom. The number of carbonyl (C=O) groups excluding carboxylic acids is 2. The molecule has 166 valence electrons. The SMILES string of the molecule is CO[C@@]12c3cccc4[nH]cc(c34)C[C@H]1N(C)CCC2C(=O)COC(=O)c1cncc(Br)c1. The number of aromatic nitrogens is 2. The number of nitrogens with one attached hydrogen (secondary N) is 1. The first-order valence-corrected chi connectivity index (χ1v) is 11.4. The molecular formula is C24H24BrN3O4. The van der Waals surface area contributed by atoms with E-state index < -0.39 is 17.5 Å². The quantitative estimate of drug-likeness (QED) is 0.543. The van der Waals surface area contributed by atoms with Crippen molar-refractivity contribution in [3.8, 4) is 0 Å². The van der Waals surface area contributed by atoms with Crippen LogP contribution in [-0.4, -0.2) is 60.0 Å². The number of halogens is 1. The van der Waals surface area contributed by atoms with Gasteiger partial charge in [0.1, 0.15) is 5.60 Å². The third-order valence-electron chi connectivity index (χ3n) is 6.95. The molecule has 1 N–H and O–H groups in total. The van der Waals surface area contributed by atoms with Crippen LogP contribution in [0.25, 0.3) is 10.9 Å². The number of carbonyl (C=O) groups is 2. The molecule has 1 aliphatic heterocycles. The van der Waals surface area contributed by atoms with Gasteiger partial charge in [-0.25, -0.2) is 4.79 Å². The van der Waals surface area contributed by atoms with Gasteiger partial charge < -0.3 is 14.5 Å². The topological polar surface area (TPSA) is 84.5 Å². The smallest absolute Gasteiger partial charge is 0.340 e. The molecule has 3 heterocycles. The lowest BCUT2D eigenvalue weighted by atomic mass is 9.64. The van der Waals surface area contributed by atoms with Gasteiger partial charge in [-0.05, 0) is 65.6 Å². The van der Waals surface area contributed by atoms with Crippen LogP contribution >= 0.6 is 15.9 Å².